The molecule has 0 aliphatic heterocycles. The van der Waals surface area contributed by atoms with Crippen molar-refractivity contribution in [2.24, 2.45) is 5.92 Å². The van der Waals surface area contributed by atoms with Gasteiger partial charge >= 0.3 is 0 Å². The second-order valence-corrected chi connectivity index (χ2v) is 16.8. The van der Waals surface area contributed by atoms with E-state index in [1.54, 1.807) is 22.7 Å². The maximum atomic E-state index is 12.1. The van der Waals surface area contributed by atoms with Crippen LogP contribution in [-0.2, 0) is 23.1 Å². The summed E-state index contributed by atoms with van der Waals surface area (Å²) in [7, 11) is 0. The number of ketones is 1. The summed E-state index contributed by atoms with van der Waals surface area (Å²) in [5.74, 6) is 0.933. The van der Waals surface area contributed by atoms with Crippen LogP contribution in [0.3, 0.4) is 0 Å². The fraction of sp³-hybridized carbons (Fsp3) is 0.283. The van der Waals surface area contributed by atoms with Gasteiger partial charge in [-0.2, -0.15) is 0 Å². The Kier molecular flexibility index (Phi) is 10.3. The number of para-hydroxylation sites is 1. The van der Waals surface area contributed by atoms with E-state index in [1.165, 1.54) is 42.8 Å². The van der Waals surface area contributed by atoms with Gasteiger partial charge in [-0.25, -0.2) is 9.97 Å². The van der Waals surface area contributed by atoms with Crippen LogP contribution in [0.4, 0.5) is 0 Å². The normalized spacial score (nSPS) is 12.6. The van der Waals surface area contributed by atoms with Crippen LogP contribution in [0, 0.1) is 5.92 Å². The lowest BCUT2D eigenvalue weighted by molar-refractivity contribution is -0.121. The van der Waals surface area contributed by atoms with Gasteiger partial charge in [0, 0.05) is 28.9 Å². The number of thiazole rings is 2. The number of carbonyl (C=O) groups is 1. The molecular formula is C46H46N2OS2. The molecule has 2 heterocycles. The lowest BCUT2D eigenvalue weighted by atomic mass is 9.77. The molecule has 0 radical (unpaired) electrons. The smallest absolute Gasteiger partial charge is 0.135 e. The SMILES string of the molecule is CC(C)C(=O)CCCc1cccc(C(C)(C)c2ccc(-c3nc4ccc(CCC(C)c5ccc(-c6nc7ccccc7s6)cc5)cc4s3)cc2)c1. The van der Waals surface area contributed by atoms with Gasteiger partial charge in [-0.3, -0.25) is 4.79 Å². The number of hydrogen-bond acceptors (Lipinski definition) is 5. The molecule has 258 valence electrons. The van der Waals surface area contributed by atoms with Gasteiger partial charge in [-0.15, -0.1) is 22.7 Å². The van der Waals surface area contributed by atoms with Crippen LogP contribution in [0.15, 0.2) is 115 Å². The third kappa shape index (κ3) is 7.90. The van der Waals surface area contributed by atoms with Crippen molar-refractivity contribution in [3.05, 3.63) is 143 Å². The minimum absolute atomic E-state index is 0.116. The summed E-state index contributed by atoms with van der Waals surface area (Å²) < 4.78 is 2.47. The molecule has 3 nitrogen and oxygen atoms in total. The highest BCUT2D eigenvalue weighted by Gasteiger charge is 2.24. The summed E-state index contributed by atoms with van der Waals surface area (Å²) in [4.78, 5) is 21.9. The molecule has 5 aromatic carbocycles. The number of nitrogens with zero attached hydrogens (tertiary/aromatic N) is 2. The topological polar surface area (TPSA) is 42.9 Å². The Morgan fingerprint density at radius 1 is 0.647 bits per heavy atom. The number of benzene rings is 5. The molecule has 2 aromatic heterocycles. The number of aromatic nitrogens is 2. The maximum Gasteiger partial charge on any atom is 0.135 e. The molecule has 7 rings (SSSR count). The van der Waals surface area contributed by atoms with Gasteiger partial charge < -0.3 is 0 Å². The summed E-state index contributed by atoms with van der Waals surface area (Å²) in [6, 6.07) is 42.0. The predicted molar refractivity (Wildman–Crippen MR) is 218 cm³/mol. The zero-order valence-electron chi connectivity index (χ0n) is 30.3. The second kappa shape index (κ2) is 15.0. The van der Waals surface area contributed by atoms with E-state index >= 15 is 0 Å². The number of rotatable bonds is 13. The number of Topliss-reactive ketones (excluding diaryl/α,β-unsaturated/α-hetero) is 1. The van der Waals surface area contributed by atoms with E-state index in [9.17, 15) is 4.79 Å². The number of fused-ring (bicyclic) bond motifs is 2. The van der Waals surface area contributed by atoms with Gasteiger partial charge in [0.2, 0.25) is 0 Å². The zero-order chi connectivity index (χ0) is 35.5. The van der Waals surface area contributed by atoms with Gasteiger partial charge in [0.1, 0.15) is 15.8 Å². The average Bonchev–Trinajstić information content (AvgIpc) is 3.79. The van der Waals surface area contributed by atoms with Crippen molar-refractivity contribution in [2.45, 2.75) is 78.1 Å². The fourth-order valence-electron chi connectivity index (χ4n) is 6.81. The summed E-state index contributed by atoms with van der Waals surface area (Å²) in [5.41, 5.74) is 10.9. The fourth-order valence-corrected chi connectivity index (χ4v) is 8.82. The van der Waals surface area contributed by atoms with Crippen molar-refractivity contribution in [1.82, 2.24) is 9.97 Å². The Morgan fingerprint density at radius 3 is 2.00 bits per heavy atom. The molecule has 0 fully saturated rings. The molecule has 7 aromatic rings. The summed E-state index contributed by atoms with van der Waals surface area (Å²) >= 11 is 3.53. The molecule has 0 bridgehead atoms. The maximum absolute atomic E-state index is 12.1. The minimum atomic E-state index is -0.139. The van der Waals surface area contributed by atoms with Crippen molar-refractivity contribution >= 4 is 48.9 Å². The standard InChI is InChI=1S/C46H46N2OS2/c1-30(2)41(49)14-9-11-32-10-8-12-38(28-32)46(4,5)37-25-23-36(24-26-37)45-48-40-27-18-33(29-43(40)51-45)17-16-31(3)34-19-21-35(22-20-34)44-47-39-13-6-7-15-42(39)50-44/h6-8,10,12-13,15,18-31H,9,11,14,16-17H2,1-5H3. The second-order valence-electron chi connectivity index (χ2n) is 14.7. The monoisotopic (exact) mass is 706 g/mol. The van der Waals surface area contributed by atoms with E-state index in [4.69, 9.17) is 9.97 Å². The van der Waals surface area contributed by atoms with Gasteiger partial charge in [-0.05, 0) is 83.7 Å². The van der Waals surface area contributed by atoms with Crippen molar-refractivity contribution < 1.29 is 4.79 Å². The number of carbonyl (C=O) groups excluding carboxylic acids is 1. The van der Waals surface area contributed by atoms with Crippen molar-refractivity contribution in [3.63, 3.8) is 0 Å². The van der Waals surface area contributed by atoms with E-state index in [-0.39, 0.29) is 11.3 Å². The van der Waals surface area contributed by atoms with Crippen LogP contribution < -0.4 is 0 Å². The molecule has 0 aliphatic carbocycles. The van der Waals surface area contributed by atoms with E-state index in [1.807, 2.05) is 19.9 Å². The lowest BCUT2D eigenvalue weighted by Crippen LogP contribution is -2.19. The lowest BCUT2D eigenvalue weighted by Gasteiger charge is -2.27. The first-order valence-electron chi connectivity index (χ1n) is 18.2. The quantitative estimate of drug-likeness (QED) is 0.120. The third-order valence-corrected chi connectivity index (χ3v) is 12.5. The minimum Gasteiger partial charge on any atom is -0.299 e. The molecule has 1 unspecified atom stereocenters. The van der Waals surface area contributed by atoms with E-state index in [0.29, 0.717) is 18.1 Å². The van der Waals surface area contributed by atoms with Crippen LogP contribution in [-0.4, -0.2) is 15.8 Å². The molecule has 0 spiro atoms. The van der Waals surface area contributed by atoms with Crippen LogP contribution >= 0.6 is 22.7 Å². The molecule has 0 aliphatic rings. The summed E-state index contributed by atoms with van der Waals surface area (Å²) in [6.45, 7) is 10.9. The Bertz CT molecular complexity index is 2240. The first kappa shape index (κ1) is 35.0. The van der Waals surface area contributed by atoms with Crippen molar-refractivity contribution in [3.8, 4) is 21.1 Å². The van der Waals surface area contributed by atoms with E-state index in [2.05, 4.69) is 130 Å². The average molecular weight is 707 g/mol. The van der Waals surface area contributed by atoms with Gasteiger partial charge in [0.15, 0.2) is 0 Å². The Labute approximate surface area is 310 Å². The van der Waals surface area contributed by atoms with E-state index in [0.717, 1.165) is 52.3 Å². The number of aryl methyl sites for hydroxylation is 2. The molecule has 51 heavy (non-hydrogen) atoms. The number of hydrogen-bond donors (Lipinski definition) is 0. The van der Waals surface area contributed by atoms with Crippen LogP contribution in [0.25, 0.3) is 41.6 Å². The highest BCUT2D eigenvalue weighted by atomic mass is 32.1. The van der Waals surface area contributed by atoms with Crippen LogP contribution in [0.2, 0.25) is 0 Å². The van der Waals surface area contributed by atoms with Crippen molar-refractivity contribution in [1.29, 1.82) is 0 Å². The van der Waals surface area contributed by atoms with Crippen LogP contribution in [0.1, 0.15) is 87.6 Å². The summed E-state index contributed by atoms with van der Waals surface area (Å²) in [6.07, 6.45) is 4.61. The summed E-state index contributed by atoms with van der Waals surface area (Å²) in [5, 5.41) is 2.14. The van der Waals surface area contributed by atoms with Crippen LogP contribution in [0.5, 0.6) is 0 Å². The predicted octanol–water partition coefficient (Wildman–Crippen LogP) is 12.8. The Balaban J connectivity index is 0.980. The van der Waals surface area contributed by atoms with Gasteiger partial charge in [-0.1, -0.05) is 126 Å². The highest BCUT2D eigenvalue weighted by molar-refractivity contribution is 7.22. The molecular weight excluding hydrogens is 661 g/mol. The molecule has 0 amide bonds. The third-order valence-electron chi connectivity index (χ3n) is 10.4. The molecule has 5 heteroatoms. The molecule has 0 saturated heterocycles. The Morgan fingerprint density at radius 2 is 1.29 bits per heavy atom. The molecule has 0 saturated carbocycles. The first-order valence-corrected chi connectivity index (χ1v) is 19.9. The molecule has 1 atom stereocenters. The van der Waals surface area contributed by atoms with Gasteiger partial charge in [0.25, 0.3) is 0 Å². The first-order chi connectivity index (χ1) is 24.6. The van der Waals surface area contributed by atoms with Crippen molar-refractivity contribution in [2.75, 3.05) is 0 Å². The Hall–Kier alpha value is -4.45. The highest BCUT2D eigenvalue weighted by Crippen LogP contribution is 2.36. The van der Waals surface area contributed by atoms with Gasteiger partial charge in [0.05, 0.1) is 20.4 Å². The zero-order valence-corrected chi connectivity index (χ0v) is 31.9. The largest absolute Gasteiger partial charge is 0.299 e. The molecule has 0 N–H and O–H groups in total. The van der Waals surface area contributed by atoms with E-state index < -0.39 is 0 Å².